The number of nitrogens with two attached hydrogens (primary N) is 1. The summed E-state index contributed by atoms with van der Waals surface area (Å²) in [4.78, 5) is 10.8. The molecule has 0 atom stereocenters. The van der Waals surface area contributed by atoms with E-state index in [-0.39, 0.29) is 19.0 Å². The fraction of sp³-hybridized carbons (Fsp3) is 0.462. The van der Waals surface area contributed by atoms with Crippen molar-refractivity contribution in [1.29, 1.82) is 0 Å². The van der Waals surface area contributed by atoms with Gasteiger partial charge < -0.3 is 25.3 Å². The maximum Gasteiger partial charge on any atom is 0.255 e. The van der Waals surface area contributed by atoms with Crippen molar-refractivity contribution in [3.05, 3.63) is 22.2 Å². The van der Waals surface area contributed by atoms with E-state index in [0.29, 0.717) is 29.1 Å². The zero-order valence-corrected chi connectivity index (χ0v) is 14.4. The van der Waals surface area contributed by atoms with E-state index in [1.165, 1.54) is 0 Å². The second-order valence-corrected chi connectivity index (χ2v) is 4.89. The number of halogens is 2. The van der Waals surface area contributed by atoms with Crippen LogP contribution in [0.5, 0.6) is 11.5 Å². The van der Waals surface area contributed by atoms with Crippen molar-refractivity contribution in [3.63, 3.8) is 0 Å². The van der Waals surface area contributed by atoms with Gasteiger partial charge in [-0.2, -0.15) is 0 Å². The Balaban J connectivity index is 0.00000400. The summed E-state index contributed by atoms with van der Waals surface area (Å²) in [6.45, 7) is 1.89. The van der Waals surface area contributed by atoms with Crippen LogP contribution < -0.4 is 20.5 Å². The van der Waals surface area contributed by atoms with Gasteiger partial charge >= 0.3 is 0 Å². The molecule has 0 unspecified atom stereocenters. The average molecular weight is 384 g/mol. The number of primary amides is 1. The monoisotopic (exact) mass is 382 g/mol. The van der Waals surface area contributed by atoms with E-state index >= 15 is 0 Å². The first-order valence-electron chi connectivity index (χ1n) is 6.05. The average Bonchev–Trinajstić information content (AvgIpc) is 2.41. The van der Waals surface area contributed by atoms with Crippen LogP contribution in [0.15, 0.2) is 16.6 Å². The predicted octanol–water partition coefficient (Wildman–Crippen LogP) is 1.48. The van der Waals surface area contributed by atoms with E-state index in [9.17, 15) is 4.79 Å². The van der Waals surface area contributed by atoms with Gasteiger partial charge in [0.15, 0.2) is 18.1 Å². The van der Waals surface area contributed by atoms with Gasteiger partial charge in [0, 0.05) is 20.2 Å². The summed E-state index contributed by atoms with van der Waals surface area (Å²) >= 11 is 3.40. The maximum absolute atomic E-state index is 10.8. The Bertz CT molecular complexity index is 460. The summed E-state index contributed by atoms with van der Waals surface area (Å²) in [5, 5.41) is 3.23. The fourth-order valence-corrected chi connectivity index (χ4v) is 2.17. The molecule has 0 saturated heterocycles. The van der Waals surface area contributed by atoms with Crippen LogP contribution in [-0.4, -0.2) is 39.9 Å². The molecule has 120 valence electrons. The largest absolute Gasteiger partial charge is 0.493 e. The standard InChI is InChI=1S/C13H19BrN2O4.ClH/c1-18-4-3-16-7-9-5-10(14)13(11(6-9)19-2)20-8-12(15)17;/h5-6,16H,3-4,7-8H2,1-2H3,(H2,15,17);1H. The fourth-order valence-electron chi connectivity index (χ4n) is 1.57. The van der Waals surface area contributed by atoms with Gasteiger partial charge in [-0.05, 0) is 33.6 Å². The van der Waals surface area contributed by atoms with Crippen LogP contribution >= 0.6 is 28.3 Å². The molecule has 0 aromatic heterocycles. The first-order chi connectivity index (χ1) is 9.58. The summed E-state index contributed by atoms with van der Waals surface area (Å²) in [5.74, 6) is 0.473. The predicted molar refractivity (Wildman–Crippen MR) is 86.2 cm³/mol. The van der Waals surface area contributed by atoms with Crippen LogP contribution in [0.4, 0.5) is 0 Å². The molecule has 8 heteroatoms. The van der Waals surface area contributed by atoms with Gasteiger partial charge in [-0.3, -0.25) is 4.79 Å². The number of benzene rings is 1. The molecule has 0 spiro atoms. The second kappa shape index (κ2) is 10.7. The molecular weight excluding hydrogens is 364 g/mol. The topological polar surface area (TPSA) is 82.8 Å². The lowest BCUT2D eigenvalue weighted by molar-refractivity contribution is -0.119. The highest BCUT2D eigenvalue weighted by Crippen LogP contribution is 2.36. The highest BCUT2D eigenvalue weighted by Gasteiger charge is 2.12. The number of carbonyl (C=O) groups is 1. The highest BCUT2D eigenvalue weighted by molar-refractivity contribution is 9.10. The zero-order valence-electron chi connectivity index (χ0n) is 12.0. The molecular formula is C13H20BrClN2O4. The molecule has 3 N–H and O–H groups in total. The third-order valence-electron chi connectivity index (χ3n) is 2.46. The van der Waals surface area contributed by atoms with E-state index in [4.69, 9.17) is 19.9 Å². The lowest BCUT2D eigenvalue weighted by Crippen LogP contribution is -2.20. The minimum absolute atomic E-state index is 0. The van der Waals surface area contributed by atoms with Crippen molar-refractivity contribution in [3.8, 4) is 11.5 Å². The van der Waals surface area contributed by atoms with E-state index in [1.54, 1.807) is 14.2 Å². The first kappa shape index (κ1) is 20.0. The number of nitrogens with one attached hydrogen (secondary N) is 1. The van der Waals surface area contributed by atoms with Gasteiger partial charge in [0.2, 0.25) is 0 Å². The quantitative estimate of drug-likeness (QED) is 0.631. The summed E-state index contributed by atoms with van der Waals surface area (Å²) in [6, 6.07) is 3.75. The molecule has 1 amide bonds. The van der Waals surface area contributed by atoms with Crippen LogP contribution in [-0.2, 0) is 16.1 Å². The van der Waals surface area contributed by atoms with Crippen molar-refractivity contribution in [2.45, 2.75) is 6.54 Å². The van der Waals surface area contributed by atoms with Crippen LogP contribution in [0, 0.1) is 0 Å². The van der Waals surface area contributed by atoms with Crippen LogP contribution in [0.2, 0.25) is 0 Å². The Morgan fingerprint density at radius 3 is 2.67 bits per heavy atom. The Kier molecular flexibility index (Phi) is 10.2. The summed E-state index contributed by atoms with van der Waals surface area (Å²) < 4.78 is 16.3. The van der Waals surface area contributed by atoms with Crippen molar-refractivity contribution in [1.82, 2.24) is 5.32 Å². The Labute approximate surface area is 138 Å². The number of rotatable bonds is 9. The molecule has 0 aliphatic carbocycles. The number of amides is 1. The molecule has 6 nitrogen and oxygen atoms in total. The molecule has 0 heterocycles. The maximum atomic E-state index is 10.8. The Hall–Kier alpha value is -1.02. The molecule has 0 aliphatic heterocycles. The van der Waals surface area contributed by atoms with Crippen molar-refractivity contribution < 1.29 is 19.0 Å². The van der Waals surface area contributed by atoms with Crippen molar-refractivity contribution in [2.24, 2.45) is 5.73 Å². The number of carbonyl (C=O) groups excluding carboxylic acids is 1. The van der Waals surface area contributed by atoms with Gasteiger partial charge in [0.25, 0.3) is 5.91 Å². The van der Waals surface area contributed by atoms with E-state index in [2.05, 4.69) is 21.2 Å². The van der Waals surface area contributed by atoms with Crippen molar-refractivity contribution in [2.75, 3.05) is 34.0 Å². The van der Waals surface area contributed by atoms with Gasteiger partial charge in [0.1, 0.15) is 0 Å². The first-order valence-corrected chi connectivity index (χ1v) is 6.85. The van der Waals surface area contributed by atoms with Crippen molar-refractivity contribution >= 4 is 34.2 Å². The summed E-state index contributed by atoms with van der Waals surface area (Å²) in [5.41, 5.74) is 6.09. The zero-order chi connectivity index (χ0) is 15.0. The van der Waals surface area contributed by atoms with Gasteiger partial charge in [-0.15, -0.1) is 12.4 Å². The number of methoxy groups -OCH3 is 2. The minimum Gasteiger partial charge on any atom is -0.493 e. The highest BCUT2D eigenvalue weighted by atomic mass is 79.9. The molecule has 0 bridgehead atoms. The molecule has 1 rings (SSSR count). The SMILES string of the molecule is COCCNCc1cc(Br)c(OCC(N)=O)c(OC)c1.Cl. The lowest BCUT2D eigenvalue weighted by Gasteiger charge is -2.14. The number of hydrogen-bond acceptors (Lipinski definition) is 5. The molecule has 21 heavy (non-hydrogen) atoms. The Morgan fingerprint density at radius 2 is 2.10 bits per heavy atom. The van der Waals surface area contributed by atoms with E-state index in [1.807, 2.05) is 12.1 Å². The smallest absolute Gasteiger partial charge is 0.255 e. The summed E-state index contributed by atoms with van der Waals surface area (Å²) in [6.07, 6.45) is 0. The van der Waals surface area contributed by atoms with Crippen LogP contribution in [0.1, 0.15) is 5.56 Å². The van der Waals surface area contributed by atoms with E-state index in [0.717, 1.165) is 12.1 Å². The number of hydrogen-bond donors (Lipinski definition) is 2. The summed E-state index contributed by atoms with van der Waals surface area (Å²) in [7, 11) is 3.20. The molecule has 1 aromatic carbocycles. The van der Waals surface area contributed by atoms with Crippen LogP contribution in [0.25, 0.3) is 0 Å². The molecule has 0 saturated carbocycles. The number of ether oxygens (including phenoxy) is 3. The second-order valence-electron chi connectivity index (χ2n) is 4.03. The third-order valence-corrected chi connectivity index (χ3v) is 3.05. The third kappa shape index (κ3) is 6.99. The molecule has 0 fully saturated rings. The molecule has 0 aliphatic rings. The van der Waals surface area contributed by atoms with Gasteiger partial charge in [0.05, 0.1) is 18.2 Å². The normalized spacial score (nSPS) is 9.86. The Morgan fingerprint density at radius 1 is 1.38 bits per heavy atom. The van der Waals surface area contributed by atoms with Crippen LogP contribution in [0.3, 0.4) is 0 Å². The minimum atomic E-state index is -0.538. The molecule has 1 aromatic rings. The van der Waals surface area contributed by atoms with E-state index < -0.39 is 5.91 Å². The van der Waals surface area contributed by atoms with Gasteiger partial charge in [-0.25, -0.2) is 0 Å². The lowest BCUT2D eigenvalue weighted by atomic mass is 10.2. The molecule has 0 radical (unpaired) electrons. The van der Waals surface area contributed by atoms with Gasteiger partial charge in [-0.1, -0.05) is 0 Å².